The predicted molar refractivity (Wildman–Crippen MR) is 75.0 cm³/mol. The lowest BCUT2D eigenvalue weighted by molar-refractivity contribution is 0.0780. The fourth-order valence-electron chi connectivity index (χ4n) is 2.51. The number of nitrogens with zero attached hydrogens (tertiary/aromatic N) is 4. The zero-order valence-corrected chi connectivity index (χ0v) is 11.7. The maximum absolute atomic E-state index is 13.1. The molecule has 21 heavy (non-hydrogen) atoms. The Morgan fingerprint density at radius 1 is 1.48 bits per heavy atom. The standard InChI is InChI=1S/C14H16FN5O/c1-19(8-13-18-17-12-3-2-6-20(12)13)14(21)9-4-5-10(15)11(16)7-9/h4-5,7H,2-3,6,8,16H2,1H3. The summed E-state index contributed by atoms with van der Waals surface area (Å²) in [7, 11) is 1.68. The Hall–Kier alpha value is -2.44. The molecule has 0 bridgehead atoms. The van der Waals surface area contributed by atoms with Crippen LogP contribution in [0.15, 0.2) is 18.2 Å². The highest BCUT2D eigenvalue weighted by molar-refractivity contribution is 5.94. The maximum Gasteiger partial charge on any atom is 0.254 e. The number of amides is 1. The monoisotopic (exact) mass is 289 g/mol. The summed E-state index contributed by atoms with van der Waals surface area (Å²) < 4.78 is 15.2. The normalized spacial score (nSPS) is 13.2. The van der Waals surface area contributed by atoms with E-state index in [2.05, 4.69) is 10.2 Å². The van der Waals surface area contributed by atoms with Gasteiger partial charge in [0.2, 0.25) is 0 Å². The minimum atomic E-state index is -0.524. The number of hydrogen-bond acceptors (Lipinski definition) is 4. The Balaban J connectivity index is 1.76. The summed E-state index contributed by atoms with van der Waals surface area (Å²) in [5.74, 6) is 0.992. The molecule has 0 unspecified atom stereocenters. The van der Waals surface area contributed by atoms with E-state index in [1.165, 1.54) is 23.1 Å². The van der Waals surface area contributed by atoms with Crippen molar-refractivity contribution in [2.45, 2.75) is 25.9 Å². The van der Waals surface area contributed by atoms with Crippen LogP contribution in [-0.4, -0.2) is 32.6 Å². The summed E-state index contributed by atoms with van der Waals surface area (Å²) in [5.41, 5.74) is 5.83. The van der Waals surface area contributed by atoms with E-state index in [9.17, 15) is 9.18 Å². The van der Waals surface area contributed by atoms with E-state index < -0.39 is 5.82 Å². The number of aryl methyl sites for hydroxylation is 1. The molecular weight excluding hydrogens is 273 g/mol. The lowest BCUT2D eigenvalue weighted by atomic mass is 10.1. The van der Waals surface area contributed by atoms with E-state index in [0.29, 0.717) is 12.1 Å². The summed E-state index contributed by atoms with van der Waals surface area (Å²) in [4.78, 5) is 13.9. The number of anilines is 1. The lowest BCUT2D eigenvalue weighted by Gasteiger charge is -2.17. The molecule has 1 aromatic carbocycles. The summed E-state index contributed by atoms with van der Waals surface area (Å²) in [6.45, 7) is 1.26. The van der Waals surface area contributed by atoms with Gasteiger partial charge in [-0.3, -0.25) is 4.79 Å². The summed E-state index contributed by atoms with van der Waals surface area (Å²) >= 11 is 0. The van der Waals surface area contributed by atoms with E-state index >= 15 is 0 Å². The predicted octanol–water partition coefficient (Wildman–Crippen LogP) is 1.22. The molecule has 2 heterocycles. The molecule has 1 aliphatic rings. The minimum absolute atomic E-state index is 0.0300. The Kier molecular flexibility index (Phi) is 3.32. The highest BCUT2D eigenvalue weighted by Gasteiger charge is 2.20. The van der Waals surface area contributed by atoms with Crippen molar-refractivity contribution in [2.24, 2.45) is 0 Å². The zero-order chi connectivity index (χ0) is 15.0. The van der Waals surface area contributed by atoms with Crippen molar-refractivity contribution in [1.82, 2.24) is 19.7 Å². The third-order valence-electron chi connectivity index (χ3n) is 3.65. The van der Waals surface area contributed by atoms with Crippen LogP contribution in [0, 0.1) is 5.82 Å². The van der Waals surface area contributed by atoms with Crippen molar-refractivity contribution >= 4 is 11.6 Å². The van der Waals surface area contributed by atoms with Crippen LogP contribution in [0.1, 0.15) is 28.4 Å². The molecule has 2 N–H and O–H groups in total. The first kappa shape index (κ1) is 13.5. The highest BCUT2D eigenvalue weighted by Crippen LogP contribution is 2.17. The molecule has 0 atom stereocenters. The smallest absolute Gasteiger partial charge is 0.254 e. The Bertz CT molecular complexity index is 697. The number of rotatable bonds is 3. The topological polar surface area (TPSA) is 77.0 Å². The van der Waals surface area contributed by atoms with Gasteiger partial charge in [-0.05, 0) is 24.6 Å². The second kappa shape index (κ2) is 5.16. The SMILES string of the molecule is CN(Cc1nnc2n1CCC2)C(=O)c1ccc(F)c(N)c1. The molecule has 0 aliphatic carbocycles. The average Bonchev–Trinajstić information content (AvgIpc) is 3.06. The van der Waals surface area contributed by atoms with Crippen LogP contribution in [0.3, 0.4) is 0 Å². The molecule has 1 aliphatic heterocycles. The molecule has 0 fully saturated rings. The summed E-state index contributed by atoms with van der Waals surface area (Å²) in [6, 6.07) is 3.98. The Morgan fingerprint density at radius 3 is 3.05 bits per heavy atom. The maximum atomic E-state index is 13.1. The van der Waals surface area contributed by atoms with Gasteiger partial charge in [-0.1, -0.05) is 0 Å². The first-order valence-corrected chi connectivity index (χ1v) is 6.77. The number of carbonyl (C=O) groups is 1. The van der Waals surface area contributed by atoms with Crippen LogP contribution in [0.25, 0.3) is 0 Å². The molecule has 1 amide bonds. The van der Waals surface area contributed by atoms with Crippen LogP contribution in [0.2, 0.25) is 0 Å². The molecule has 0 saturated carbocycles. The first-order valence-electron chi connectivity index (χ1n) is 6.77. The molecule has 3 rings (SSSR count). The van der Waals surface area contributed by atoms with Crippen molar-refractivity contribution in [3.63, 3.8) is 0 Å². The van der Waals surface area contributed by atoms with Crippen molar-refractivity contribution in [2.75, 3.05) is 12.8 Å². The Labute approximate surface area is 121 Å². The van der Waals surface area contributed by atoms with E-state index in [0.717, 1.165) is 31.0 Å². The van der Waals surface area contributed by atoms with Crippen LogP contribution in [0.5, 0.6) is 0 Å². The quantitative estimate of drug-likeness (QED) is 0.862. The Morgan fingerprint density at radius 2 is 2.29 bits per heavy atom. The van der Waals surface area contributed by atoms with Crippen molar-refractivity contribution in [1.29, 1.82) is 0 Å². The number of carbonyl (C=O) groups excluding carboxylic acids is 1. The van der Waals surface area contributed by atoms with Gasteiger partial charge in [-0.2, -0.15) is 0 Å². The molecule has 7 heteroatoms. The molecule has 0 spiro atoms. The minimum Gasteiger partial charge on any atom is -0.396 e. The molecule has 110 valence electrons. The number of nitrogen functional groups attached to an aromatic ring is 1. The molecular formula is C14H16FN5O. The lowest BCUT2D eigenvalue weighted by Crippen LogP contribution is -2.27. The van der Waals surface area contributed by atoms with E-state index in [4.69, 9.17) is 5.73 Å². The van der Waals surface area contributed by atoms with E-state index in [1.54, 1.807) is 7.05 Å². The van der Waals surface area contributed by atoms with Gasteiger partial charge in [-0.15, -0.1) is 10.2 Å². The van der Waals surface area contributed by atoms with Gasteiger partial charge in [0.05, 0.1) is 12.2 Å². The fourth-order valence-corrected chi connectivity index (χ4v) is 2.51. The van der Waals surface area contributed by atoms with Gasteiger partial charge in [0.15, 0.2) is 5.82 Å². The average molecular weight is 289 g/mol. The largest absolute Gasteiger partial charge is 0.396 e. The van der Waals surface area contributed by atoms with Crippen molar-refractivity contribution < 1.29 is 9.18 Å². The van der Waals surface area contributed by atoms with Crippen molar-refractivity contribution in [3.8, 4) is 0 Å². The third kappa shape index (κ3) is 2.46. The number of nitrogens with two attached hydrogens (primary N) is 1. The number of aromatic nitrogens is 3. The molecule has 6 nitrogen and oxygen atoms in total. The molecule has 0 radical (unpaired) electrons. The highest BCUT2D eigenvalue weighted by atomic mass is 19.1. The summed E-state index contributed by atoms with van der Waals surface area (Å²) in [5, 5.41) is 8.23. The van der Waals surface area contributed by atoms with Crippen LogP contribution in [-0.2, 0) is 19.5 Å². The van der Waals surface area contributed by atoms with Gasteiger partial charge in [0.1, 0.15) is 11.6 Å². The molecule has 0 saturated heterocycles. The van der Waals surface area contributed by atoms with Crippen LogP contribution < -0.4 is 5.73 Å². The number of fused-ring (bicyclic) bond motifs is 1. The number of hydrogen-bond donors (Lipinski definition) is 1. The second-order valence-electron chi connectivity index (χ2n) is 5.19. The third-order valence-corrected chi connectivity index (χ3v) is 3.65. The van der Waals surface area contributed by atoms with Gasteiger partial charge >= 0.3 is 0 Å². The van der Waals surface area contributed by atoms with Gasteiger partial charge in [0, 0.05) is 25.6 Å². The first-order chi connectivity index (χ1) is 10.1. The van der Waals surface area contributed by atoms with E-state index in [1.807, 2.05) is 4.57 Å². The number of halogens is 1. The van der Waals surface area contributed by atoms with Gasteiger partial charge in [0.25, 0.3) is 5.91 Å². The molecule has 1 aromatic heterocycles. The van der Waals surface area contributed by atoms with Crippen LogP contribution >= 0.6 is 0 Å². The van der Waals surface area contributed by atoms with Gasteiger partial charge < -0.3 is 15.2 Å². The summed E-state index contributed by atoms with van der Waals surface area (Å²) in [6.07, 6.45) is 1.99. The number of benzene rings is 1. The second-order valence-corrected chi connectivity index (χ2v) is 5.19. The van der Waals surface area contributed by atoms with Crippen LogP contribution in [0.4, 0.5) is 10.1 Å². The van der Waals surface area contributed by atoms with Gasteiger partial charge in [-0.25, -0.2) is 4.39 Å². The van der Waals surface area contributed by atoms with E-state index in [-0.39, 0.29) is 11.6 Å². The zero-order valence-electron chi connectivity index (χ0n) is 11.7. The fraction of sp³-hybridized carbons (Fsp3) is 0.357. The molecule has 2 aromatic rings. The van der Waals surface area contributed by atoms with Crippen molar-refractivity contribution in [3.05, 3.63) is 41.2 Å².